The lowest BCUT2D eigenvalue weighted by atomic mass is 10.2. The van der Waals surface area contributed by atoms with Gasteiger partial charge in [0.15, 0.2) is 0 Å². The molecule has 1 aromatic carbocycles. The molecule has 0 saturated heterocycles. The molecule has 7 heteroatoms. The molecule has 23 heavy (non-hydrogen) atoms. The Balaban J connectivity index is 1.96. The number of hydrazone groups is 1. The number of benzene rings is 1. The molecule has 0 spiro atoms. The molecular formula is C16H14N4O3. The van der Waals surface area contributed by atoms with Gasteiger partial charge in [-0.1, -0.05) is 6.08 Å². The highest BCUT2D eigenvalue weighted by Crippen LogP contribution is 2.12. The van der Waals surface area contributed by atoms with Gasteiger partial charge >= 0.3 is 0 Å². The zero-order chi connectivity index (χ0) is 16.7. The predicted octanol–water partition coefficient (Wildman–Crippen LogP) is 2.81. The Labute approximate surface area is 132 Å². The molecule has 0 bridgehead atoms. The zero-order valence-corrected chi connectivity index (χ0v) is 12.3. The van der Waals surface area contributed by atoms with E-state index in [4.69, 9.17) is 0 Å². The number of rotatable bonds is 5. The molecule has 2 aromatic rings. The van der Waals surface area contributed by atoms with Crippen LogP contribution in [0, 0.1) is 10.1 Å². The largest absolute Gasteiger partial charge is 0.271 e. The number of carbonyl (C=O) groups excluding carboxylic acids is 1. The van der Waals surface area contributed by atoms with Crippen LogP contribution in [0.15, 0.2) is 60.0 Å². The second-order valence-electron chi connectivity index (χ2n) is 4.61. The third-order valence-corrected chi connectivity index (χ3v) is 2.90. The van der Waals surface area contributed by atoms with Crippen LogP contribution in [0.4, 0.5) is 5.69 Å². The fourth-order valence-electron chi connectivity index (χ4n) is 1.67. The molecule has 0 aliphatic rings. The summed E-state index contributed by atoms with van der Waals surface area (Å²) in [6.45, 7) is 1.73. The van der Waals surface area contributed by atoms with Crippen LogP contribution < -0.4 is 5.43 Å². The van der Waals surface area contributed by atoms with Gasteiger partial charge in [-0.3, -0.25) is 19.9 Å². The summed E-state index contributed by atoms with van der Waals surface area (Å²) in [6.07, 6.45) is 6.51. The Kier molecular flexibility index (Phi) is 5.30. The Morgan fingerprint density at radius 1 is 1.22 bits per heavy atom. The lowest BCUT2D eigenvalue weighted by molar-refractivity contribution is -0.384. The summed E-state index contributed by atoms with van der Waals surface area (Å²) in [6, 6.07) is 9.31. The summed E-state index contributed by atoms with van der Waals surface area (Å²) in [7, 11) is 0. The molecule has 116 valence electrons. The molecular weight excluding hydrogens is 296 g/mol. The normalized spacial score (nSPS) is 11.4. The van der Waals surface area contributed by atoms with Gasteiger partial charge in [0.25, 0.3) is 11.6 Å². The predicted molar refractivity (Wildman–Crippen MR) is 86.9 cm³/mol. The summed E-state index contributed by atoms with van der Waals surface area (Å²) in [5, 5.41) is 14.5. The van der Waals surface area contributed by atoms with Gasteiger partial charge in [0.1, 0.15) is 0 Å². The van der Waals surface area contributed by atoms with Crippen molar-refractivity contribution in [3.8, 4) is 0 Å². The molecule has 7 nitrogen and oxygen atoms in total. The second-order valence-corrected chi connectivity index (χ2v) is 4.61. The topological polar surface area (TPSA) is 97.5 Å². The molecule has 0 fully saturated rings. The van der Waals surface area contributed by atoms with Crippen LogP contribution >= 0.6 is 0 Å². The van der Waals surface area contributed by atoms with Crippen LogP contribution in [0.5, 0.6) is 0 Å². The van der Waals surface area contributed by atoms with Crippen molar-refractivity contribution in [2.24, 2.45) is 5.10 Å². The third kappa shape index (κ3) is 4.85. The number of nitrogens with zero attached hydrogens (tertiary/aromatic N) is 3. The number of carbonyl (C=O) groups is 1. The number of amides is 1. The van der Waals surface area contributed by atoms with Crippen LogP contribution in [0.2, 0.25) is 0 Å². The molecule has 1 N–H and O–H groups in total. The zero-order valence-electron chi connectivity index (χ0n) is 12.3. The average molecular weight is 310 g/mol. The molecule has 0 aliphatic heterocycles. The number of hydrogen-bond acceptors (Lipinski definition) is 5. The first-order valence-electron chi connectivity index (χ1n) is 6.73. The molecule has 0 unspecified atom stereocenters. The lowest BCUT2D eigenvalue weighted by Gasteiger charge is -1.99. The molecule has 2 rings (SSSR count). The van der Waals surface area contributed by atoms with Crippen LogP contribution in [0.25, 0.3) is 6.08 Å². The first-order valence-corrected chi connectivity index (χ1v) is 6.73. The Bertz CT molecular complexity index is 753. The van der Waals surface area contributed by atoms with E-state index in [1.807, 2.05) is 0 Å². The van der Waals surface area contributed by atoms with Gasteiger partial charge in [0.2, 0.25) is 0 Å². The van der Waals surface area contributed by atoms with Crippen molar-refractivity contribution < 1.29 is 9.72 Å². The van der Waals surface area contributed by atoms with E-state index in [-0.39, 0.29) is 11.6 Å². The number of non-ortho nitro benzene ring substituents is 1. The fourth-order valence-corrected chi connectivity index (χ4v) is 1.67. The quantitative estimate of drug-likeness (QED) is 0.521. The summed E-state index contributed by atoms with van der Waals surface area (Å²) < 4.78 is 0. The standard InChI is InChI=1S/C16H14N4O3/c1-12(18-19-16(21)14-8-10-17-11-9-14)2-3-13-4-6-15(7-5-13)20(22)23/h2-11H,1H3,(H,19,21)/b3-2?,18-12-. The minimum atomic E-state index is -0.450. The van der Waals surface area contributed by atoms with E-state index in [0.717, 1.165) is 5.56 Å². The second kappa shape index (κ2) is 7.60. The van der Waals surface area contributed by atoms with Gasteiger partial charge < -0.3 is 0 Å². The number of nitro groups is 1. The van der Waals surface area contributed by atoms with E-state index >= 15 is 0 Å². The lowest BCUT2D eigenvalue weighted by Crippen LogP contribution is -2.18. The first kappa shape index (κ1) is 16.0. The fraction of sp³-hybridized carbons (Fsp3) is 0.0625. The van der Waals surface area contributed by atoms with Crippen molar-refractivity contribution >= 4 is 23.4 Å². The molecule has 1 amide bonds. The monoisotopic (exact) mass is 310 g/mol. The van der Waals surface area contributed by atoms with Gasteiger partial charge in [0, 0.05) is 30.1 Å². The average Bonchev–Trinajstić information content (AvgIpc) is 2.59. The molecule has 1 aromatic heterocycles. The Morgan fingerprint density at radius 3 is 2.48 bits per heavy atom. The Hall–Kier alpha value is -3.35. The van der Waals surface area contributed by atoms with Crippen molar-refractivity contribution in [3.05, 3.63) is 76.1 Å². The van der Waals surface area contributed by atoms with Crippen molar-refractivity contribution in [1.82, 2.24) is 10.4 Å². The maximum atomic E-state index is 11.8. The van der Waals surface area contributed by atoms with Crippen molar-refractivity contribution in [1.29, 1.82) is 0 Å². The molecule has 0 atom stereocenters. The highest BCUT2D eigenvalue weighted by Gasteiger charge is 2.03. The van der Waals surface area contributed by atoms with Crippen LogP contribution in [-0.4, -0.2) is 21.5 Å². The minimum Gasteiger partial charge on any atom is -0.267 e. The minimum absolute atomic E-state index is 0.0390. The van der Waals surface area contributed by atoms with Gasteiger partial charge in [-0.15, -0.1) is 0 Å². The van der Waals surface area contributed by atoms with E-state index in [2.05, 4.69) is 15.5 Å². The van der Waals surface area contributed by atoms with Crippen LogP contribution in [0.3, 0.4) is 0 Å². The number of hydrogen-bond donors (Lipinski definition) is 1. The summed E-state index contributed by atoms with van der Waals surface area (Å²) >= 11 is 0. The maximum absolute atomic E-state index is 11.8. The highest BCUT2D eigenvalue weighted by molar-refractivity contribution is 5.99. The first-order chi connectivity index (χ1) is 11.1. The Morgan fingerprint density at radius 2 is 1.87 bits per heavy atom. The summed E-state index contributed by atoms with van der Waals surface area (Å²) in [4.78, 5) is 25.7. The molecule has 0 saturated carbocycles. The number of aromatic nitrogens is 1. The van der Waals surface area contributed by atoms with E-state index in [0.29, 0.717) is 11.3 Å². The van der Waals surface area contributed by atoms with Gasteiger partial charge in [0.05, 0.1) is 10.6 Å². The summed E-state index contributed by atoms with van der Waals surface area (Å²) in [5.74, 6) is -0.324. The van der Waals surface area contributed by atoms with Crippen molar-refractivity contribution in [2.75, 3.05) is 0 Å². The maximum Gasteiger partial charge on any atom is 0.271 e. The van der Waals surface area contributed by atoms with E-state index in [1.54, 1.807) is 43.3 Å². The number of nitro benzene ring substituents is 1. The number of allylic oxidation sites excluding steroid dienone is 1. The number of pyridine rings is 1. The molecule has 0 radical (unpaired) electrons. The smallest absolute Gasteiger partial charge is 0.267 e. The van der Waals surface area contributed by atoms with E-state index < -0.39 is 4.92 Å². The molecule has 0 aliphatic carbocycles. The highest BCUT2D eigenvalue weighted by atomic mass is 16.6. The third-order valence-electron chi connectivity index (χ3n) is 2.90. The van der Waals surface area contributed by atoms with E-state index in [9.17, 15) is 14.9 Å². The van der Waals surface area contributed by atoms with Crippen molar-refractivity contribution in [3.63, 3.8) is 0 Å². The SMILES string of the molecule is C/C(C=Cc1ccc([N+](=O)[O-])cc1)=N/NC(=O)c1ccncc1. The van der Waals surface area contributed by atoms with Gasteiger partial charge in [-0.05, 0) is 42.8 Å². The van der Waals surface area contributed by atoms with Gasteiger partial charge in [-0.25, -0.2) is 5.43 Å². The van der Waals surface area contributed by atoms with Crippen LogP contribution in [0.1, 0.15) is 22.8 Å². The number of nitrogens with one attached hydrogen (secondary N) is 1. The van der Waals surface area contributed by atoms with E-state index in [1.165, 1.54) is 24.5 Å². The molecule has 1 heterocycles. The van der Waals surface area contributed by atoms with Crippen molar-refractivity contribution in [2.45, 2.75) is 6.92 Å². The van der Waals surface area contributed by atoms with Crippen LogP contribution in [-0.2, 0) is 0 Å². The van der Waals surface area contributed by atoms with Gasteiger partial charge in [-0.2, -0.15) is 5.10 Å². The summed E-state index contributed by atoms with van der Waals surface area (Å²) in [5.41, 5.74) is 4.33.